The molecule has 1 aromatic heterocycles. The summed E-state index contributed by atoms with van der Waals surface area (Å²) in [5, 5.41) is 17.5. The van der Waals surface area contributed by atoms with Crippen molar-refractivity contribution in [3.63, 3.8) is 0 Å². The van der Waals surface area contributed by atoms with Crippen molar-refractivity contribution in [3.05, 3.63) is 53.9 Å². The fraction of sp³-hybridized carbons (Fsp3) is 0.480. The standard InChI is InChI=1S/C25H30N4S/c1-2-3-4-7-18-10-12-20(13-11-18)24-26-27-25-29(24)28-23(17-30-25)22-15-14-19-8-5-6-9-21(19)16-22/h5-6,8-9,14-16,18,20H,2-4,7,10-13,17H2,1H3. The van der Waals surface area contributed by atoms with Crippen molar-refractivity contribution in [2.75, 3.05) is 5.75 Å². The summed E-state index contributed by atoms with van der Waals surface area (Å²) in [7, 11) is 0. The molecule has 0 radical (unpaired) electrons. The zero-order valence-electron chi connectivity index (χ0n) is 17.8. The summed E-state index contributed by atoms with van der Waals surface area (Å²) in [5.74, 6) is 3.32. The molecule has 1 aliphatic carbocycles. The van der Waals surface area contributed by atoms with Crippen molar-refractivity contribution in [3.8, 4) is 0 Å². The van der Waals surface area contributed by atoms with E-state index >= 15 is 0 Å². The van der Waals surface area contributed by atoms with Crippen LogP contribution in [0.3, 0.4) is 0 Å². The van der Waals surface area contributed by atoms with Gasteiger partial charge in [0.2, 0.25) is 5.16 Å². The predicted octanol–water partition coefficient (Wildman–Crippen LogP) is 6.64. The van der Waals surface area contributed by atoms with Crippen LogP contribution in [0.25, 0.3) is 10.8 Å². The van der Waals surface area contributed by atoms with E-state index in [-0.39, 0.29) is 0 Å². The average Bonchev–Trinajstić information content (AvgIpc) is 3.23. The van der Waals surface area contributed by atoms with Crippen LogP contribution in [-0.2, 0) is 0 Å². The van der Waals surface area contributed by atoms with Gasteiger partial charge in [-0.15, -0.1) is 10.2 Å². The van der Waals surface area contributed by atoms with E-state index in [4.69, 9.17) is 5.10 Å². The Hall–Kier alpha value is -2.14. The van der Waals surface area contributed by atoms with Gasteiger partial charge in [-0.05, 0) is 54.0 Å². The summed E-state index contributed by atoms with van der Waals surface area (Å²) in [6.45, 7) is 2.29. The third kappa shape index (κ3) is 4.04. The van der Waals surface area contributed by atoms with Crippen LogP contribution in [0.5, 0.6) is 0 Å². The molecule has 0 unspecified atom stereocenters. The highest BCUT2D eigenvalue weighted by Crippen LogP contribution is 2.38. The normalized spacial score (nSPS) is 21.4. The first kappa shape index (κ1) is 19.8. The molecule has 1 saturated carbocycles. The van der Waals surface area contributed by atoms with Gasteiger partial charge in [0, 0.05) is 11.7 Å². The Balaban J connectivity index is 1.34. The number of benzene rings is 2. The van der Waals surface area contributed by atoms with Crippen LogP contribution in [0.4, 0.5) is 0 Å². The molecule has 0 spiro atoms. The molecule has 2 aromatic carbocycles. The minimum Gasteiger partial charge on any atom is -0.191 e. The second-order valence-electron chi connectivity index (χ2n) is 8.76. The van der Waals surface area contributed by atoms with Crippen molar-refractivity contribution < 1.29 is 0 Å². The summed E-state index contributed by atoms with van der Waals surface area (Å²) in [5.41, 5.74) is 2.32. The highest BCUT2D eigenvalue weighted by atomic mass is 32.2. The summed E-state index contributed by atoms with van der Waals surface area (Å²) in [6.07, 6.45) is 10.6. The number of fused-ring (bicyclic) bond motifs is 2. The zero-order valence-corrected chi connectivity index (χ0v) is 18.6. The molecule has 2 aliphatic rings. The fourth-order valence-corrected chi connectivity index (χ4v) is 5.75. The maximum absolute atomic E-state index is 5.02. The van der Waals surface area contributed by atoms with Crippen LogP contribution < -0.4 is 0 Å². The van der Waals surface area contributed by atoms with Crippen LogP contribution in [0.15, 0.2) is 52.7 Å². The molecule has 0 atom stereocenters. The molecule has 30 heavy (non-hydrogen) atoms. The summed E-state index contributed by atoms with van der Waals surface area (Å²) in [4.78, 5) is 0. The van der Waals surface area contributed by atoms with Crippen LogP contribution >= 0.6 is 11.8 Å². The first-order chi connectivity index (χ1) is 14.8. The molecule has 0 amide bonds. The lowest BCUT2D eigenvalue weighted by atomic mass is 9.79. The molecule has 0 N–H and O–H groups in total. The highest BCUT2D eigenvalue weighted by Gasteiger charge is 2.29. The molecule has 3 aromatic rings. The van der Waals surface area contributed by atoms with E-state index in [1.165, 1.54) is 67.7 Å². The number of hydrogen-bond donors (Lipinski definition) is 0. The average molecular weight is 419 g/mol. The number of unbranched alkanes of at least 4 members (excludes halogenated alkanes) is 2. The Morgan fingerprint density at radius 1 is 0.967 bits per heavy atom. The zero-order chi connectivity index (χ0) is 20.3. The van der Waals surface area contributed by atoms with Gasteiger partial charge in [0.25, 0.3) is 0 Å². The summed E-state index contributed by atoms with van der Waals surface area (Å²) < 4.78 is 2.04. The van der Waals surface area contributed by atoms with Gasteiger partial charge >= 0.3 is 0 Å². The largest absolute Gasteiger partial charge is 0.212 e. The van der Waals surface area contributed by atoms with Gasteiger partial charge in [0.1, 0.15) is 0 Å². The van der Waals surface area contributed by atoms with Gasteiger partial charge in [0.15, 0.2) is 5.82 Å². The molecule has 1 fully saturated rings. The maximum atomic E-state index is 5.02. The van der Waals surface area contributed by atoms with Gasteiger partial charge in [-0.1, -0.05) is 80.8 Å². The number of rotatable bonds is 6. The molecule has 0 bridgehead atoms. The maximum Gasteiger partial charge on any atom is 0.212 e. The number of aromatic nitrogens is 3. The van der Waals surface area contributed by atoms with Crippen molar-refractivity contribution in [1.29, 1.82) is 0 Å². The van der Waals surface area contributed by atoms with Gasteiger partial charge in [-0.3, -0.25) is 0 Å². The van der Waals surface area contributed by atoms with Crippen LogP contribution in [0.2, 0.25) is 0 Å². The molecule has 156 valence electrons. The highest BCUT2D eigenvalue weighted by molar-refractivity contribution is 7.99. The van der Waals surface area contributed by atoms with E-state index in [1.807, 2.05) is 4.68 Å². The van der Waals surface area contributed by atoms with E-state index in [0.717, 1.165) is 28.4 Å². The van der Waals surface area contributed by atoms with Crippen molar-refractivity contribution >= 4 is 28.2 Å². The minimum absolute atomic E-state index is 0.494. The van der Waals surface area contributed by atoms with Crippen LogP contribution in [0.1, 0.15) is 75.6 Å². The predicted molar refractivity (Wildman–Crippen MR) is 125 cm³/mol. The molecule has 4 nitrogen and oxygen atoms in total. The SMILES string of the molecule is CCCCCC1CCC(c2nnc3n2N=C(c2ccc4ccccc4c2)CS3)CC1. The van der Waals surface area contributed by atoms with Crippen molar-refractivity contribution in [1.82, 2.24) is 14.9 Å². The Morgan fingerprint density at radius 2 is 1.80 bits per heavy atom. The molecule has 5 heteroatoms. The van der Waals surface area contributed by atoms with Crippen LogP contribution in [-0.4, -0.2) is 26.3 Å². The molecule has 1 aliphatic heterocycles. The topological polar surface area (TPSA) is 43.1 Å². The van der Waals surface area contributed by atoms with E-state index in [1.54, 1.807) is 11.8 Å². The first-order valence-corrected chi connectivity index (χ1v) is 12.5. The third-order valence-electron chi connectivity index (χ3n) is 6.71. The smallest absolute Gasteiger partial charge is 0.191 e. The lowest BCUT2D eigenvalue weighted by Gasteiger charge is -2.28. The second kappa shape index (κ2) is 8.93. The summed E-state index contributed by atoms with van der Waals surface area (Å²) >= 11 is 1.75. The molecule has 2 heterocycles. The van der Waals surface area contributed by atoms with Gasteiger partial charge in [-0.2, -0.15) is 9.78 Å². The lowest BCUT2D eigenvalue weighted by molar-refractivity contribution is 0.293. The second-order valence-corrected chi connectivity index (χ2v) is 9.71. The molecular weight excluding hydrogens is 388 g/mol. The van der Waals surface area contributed by atoms with Gasteiger partial charge < -0.3 is 0 Å². The van der Waals surface area contributed by atoms with Gasteiger partial charge in [-0.25, -0.2) is 0 Å². The van der Waals surface area contributed by atoms with E-state index in [9.17, 15) is 0 Å². The molecule has 5 rings (SSSR count). The van der Waals surface area contributed by atoms with E-state index < -0.39 is 0 Å². The minimum atomic E-state index is 0.494. The van der Waals surface area contributed by atoms with E-state index in [2.05, 4.69) is 59.6 Å². The van der Waals surface area contributed by atoms with Crippen LogP contribution in [0, 0.1) is 5.92 Å². The third-order valence-corrected chi connectivity index (χ3v) is 7.64. The van der Waals surface area contributed by atoms with Gasteiger partial charge in [0.05, 0.1) is 5.71 Å². The Bertz CT molecular complexity index is 1050. The Labute approximate surface area is 183 Å². The number of thioether (sulfide) groups is 1. The number of nitrogens with zero attached hydrogens (tertiary/aromatic N) is 4. The Morgan fingerprint density at radius 3 is 2.63 bits per heavy atom. The van der Waals surface area contributed by atoms with E-state index in [0.29, 0.717) is 5.92 Å². The monoisotopic (exact) mass is 418 g/mol. The summed E-state index contributed by atoms with van der Waals surface area (Å²) in [6, 6.07) is 15.2. The van der Waals surface area contributed by atoms with Crippen molar-refractivity contribution in [2.24, 2.45) is 11.0 Å². The Kier molecular flexibility index (Phi) is 5.89. The fourth-order valence-electron chi connectivity index (χ4n) is 4.90. The van der Waals surface area contributed by atoms with Crippen molar-refractivity contribution in [2.45, 2.75) is 69.4 Å². The number of hydrogen-bond acceptors (Lipinski definition) is 4. The quantitative estimate of drug-likeness (QED) is 0.421. The first-order valence-electron chi connectivity index (χ1n) is 11.5. The molecule has 0 saturated heterocycles. The lowest BCUT2D eigenvalue weighted by Crippen LogP contribution is -2.19. The molecular formula is C25H30N4S.